The van der Waals surface area contributed by atoms with E-state index < -0.39 is 35.4 Å². The highest BCUT2D eigenvalue weighted by atomic mass is 16.5. The van der Waals surface area contributed by atoms with Crippen LogP contribution in [0, 0.1) is 11.8 Å². The number of para-hydroxylation sites is 1. The summed E-state index contributed by atoms with van der Waals surface area (Å²) in [5, 5.41) is 14.9. The number of fused-ring (bicyclic) bond motifs is 2. The van der Waals surface area contributed by atoms with Crippen molar-refractivity contribution in [2.24, 2.45) is 11.8 Å². The Labute approximate surface area is 131 Å². The summed E-state index contributed by atoms with van der Waals surface area (Å²) in [7, 11) is 0. The van der Waals surface area contributed by atoms with Crippen molar-refractivity contribution < 1.29 is 24.2 Å². The van der Waals surface area contributed by atoms with Crippen LogP contribution in [0.5, 0.6) is 0 Å². The van der Waals surface area contributed by atoms with Crippen molar-refractivity contribution in [1.82, 2.24) is 5.32 Å². The quantitative estimate of drug-likeness (QED) is 0.651. The fourth-order valence-electron chi connectivity index (χ4n) is 3.65. The second-order valence-electron chi connectivity index (χ2n) is 5.96. The number of amides is 2. The Bertz CT molecular complexity index is 759. The predicted molar refractivity (Wildman–Crippen MR) is 78.8 cm³/mol. The Kier molecular flexibility index (Phi) is 2.83. The molecule has 2 bridgehead atoms. The topological polar surface area (TPSA) is 105 Å². The Balaban J connectivity index is 1.81. The average molecular weight is 314 g/mol. The molecule has 0 aromatic heterocycles. The van der Waals surface area contributed by atoms with E-state index in [9.17, 15) is 19.5 Å². The zero-order valence-electron chi connectivity index (χ0n) is 12.0. The van der Waals surface area contributed by atoms with Crippen molar-refractivity contribution in [3.05, 3.63) is 42.0 Å². The predicted octanol–water partition coefficient (Wildman–Crippen LogP) is 0.393. The molecule has 4 atom stereocenters. The van der Waals surface area contributed by atoms with Crippen LogP contribution in [0.1, 0.15) is 10.4 Å². The standard InChI is InChI=1S/C16H14N2O5/c19-13-8-3-1-2-4-9(8)18-14(20)12-11(15(21)22)10-5-6-16(12,23-10)7-17-13/h1-6,10-12H,7H2,(H,17,19)(H,18,20)(H,21,22)/t10-,11+,12-,16+/m1/s1. The van der Waals surface area contributed by atoms with E-state index in [0.29, 0.717) is 11.3 Å². The molecule has 23 heavy (non-hydrogen) atoms. The highest BCUT2D eigenvalue weighted by molar-refractivity contribution is 6.06. The van der Waals surface area contributed by atoms with Gasteiger partial charge in [-0.15, -0.1) is 0 Å². The van der Waals surface area contributed by atoms with Gasteiger partial charge >= 0.3 is 5.97 Å². The number of carbonyl (C=O) groups is 3. The summed E-state index contributed by atoms with van der Waals surface area (Å²) in [5.74, 6) is -3.74. The number of carboxylic acids is 1. The summed E-state index contributed by atoms with van der Waals surface area (Å²) in [6, 6.07) is 6.62. The number of hydrogen-bond acceptors (Lipinski definition) is 4. The number of rotatable bonds is 1. The summed E-state index contributed by atoms with van der Waals surface area (Å²) in [4.78, 5) is 36.7. The molecule has 0 aliphatic carbocycles. The first-order valence-electron chi connectivity index (χ1n) is 7.30. The number of aliphatic carboxylic acids is 1. The van der Waals surface area contributed by atoms with E-state index in [-0.39, 0.29) is 12.5 Å². The first-order chi connectivity index (χ1) is 11.0. The molecule has 3 aliphatic rings. The van der Waals surface area contributed by atoms with Gasteiger partial charge in [-0.1, -0.05) is 24.3 Å². The highest BCUT2D eigenvalue weighted by Gasteiger charge is 2.62. The van der Waals surface area contributed by atoms with Gasteiger partial charge in [-0.25, -0.2) is 0 Å². The van der Waals surface area contributed by atoms with Gasteiger partial charge in [0.15, 0.2) is 0 Å². The van der Waals surface area contributed by atoms with Crippen molar-refractivity contribution in [2.75, 3.05) is 11.9 Å². The minimum Gasteiger partial charge on any atom is -0.481 e. The number of nitrogens with one attached hydrogen (secondary N) is 2. The first-order valence-corrected chi connectivity index (χ1v) is 7.30. The van der Waals surface area contributed by atoms with E-state index >= 15 is 0 Å². The van der Waals surface area contributed by atoms with Crippen LogP contribution >= 0.6 is 0 Å². The Morgan fingerprint density at radius 3 is 2.87 bits per heavy atom. The molecule has 1 saturated heterocycles. The van der Waals surface area contributed by atoms with Gasteiger partial charge in [0, 0.05) is 0 Å². The molecular weight excluding hydrogens is 300 g/mol. The lowest BCUT2D eigenvalue weighted by atomic mass is 9.74. The molecule has 0 radical (unpaired) electrons. The van der Waals surface area contributed by atoms with Gasteiger partial charge in [-0.2, -0.15) is 0 Å². The summed E-state index contributed by atoms with van der Waals surface area (Å²) >= 11 is 0. The van der Waals surface area contributed by atoms with Crippen LogP contribution in [-0.2, 0) is 14.3 Å². The van der Waals surface area contributed by atoms with Crippen molar-refractivity contribution >= 4 is 23.5 Å². The largest absolute Gasteiger partial charge is 0.481 e. The number of ether oxygens (including phenoxy) is 1. The highest BCUT2D eigenvalue weighted by Crippen LogP contribution is 2.47. The van der Waals surface area contributed by atoms with Crippen molar-refractivity contribution in [1.29, 1.82) is 0 Å². The fraction of sp³-hybridized carbons (Fsp3) is 0.312. The number of carboxylic acid groups (broad SMARTS) is 1. The zero-order valence-corrected chi connectivity index (χ0v) is 12.0. The average Bonchev–Trinajstić information content (AvgIpc) is 3.09. The molecule has 0 saturated carbocycles. The number of anilines is 1. The van der Waals surface area contributed by atoms with Crippen LogP contribution < -0.4 is 10.6 Å². The molecule has 0 unspecified atom stereocenters. The van der Waals surface area contributed by atoms with Crippen LogP contribution in [0.3, 0.4) is 0 Å². The smallest absolute Gasteiger partial charge is 0.310 e. The maximum Gasteiger partial charge on any atom is 0.310 e. The van der Waals surface area contributed by atoms with Gasteiger partial charge in [0.1, 0.15) is 11.5 Å². The molecule has 7 heteroatoms. The number of benzene rings is 1. The van der Waals surface area contributed by atoms with Gasteiger partial charge in [0.05, 0.1) is 29.8 Å². The van der Waals surface area contributed by atoms with E-state index in [1.807, 2.05) is 0 Å². The van der Waals surface area contributed by atoms with E-state index in [2.05, 4.69) is 10.6 Å². The van der Waals surface area contributed by atoms with E-state index in [0.717, 1.165) is 0 Å². The molecule has 4 rings (SSSR count). The maximum atomic E-state index is 12.7. The molecule has 2 amide bonds. The summed E-state index contributed by atoms with van der Waals surface area (Å²) in [5.41, 5.74) is -0.416. The second kappa shape index (κ2) is 4.66. The molecule has 118 valence electrons. The Morgan fingerprint density at radius 1 is 1.30 bits per heavy atom. The Hall–Kier alpha value is -2.67. The van der Waals surface area contributed by atoms with E-state index in [1.54, 1.807) is 36.4 Å². The van der Waals surface area contributed by atoms with Gasteiger partial charge in [0.2, 0.25) is 5.91 Å². The van der Waals surface area contributed by atoms with Crippen LogP contribution in [-0.4, -0.2) is 41.1 Å². The maximum absolute atomic E-state index is 12.7. The molecule has 3 N–H and O–H groups in total. The Morgan fingerprint density at radius 2 is 2.09 bits per heavy atom. The first kappa shape index (κ1) is 14.0. The van der Waals surface area contributed by atoms with Crippen molar-refractivity contribution in [3.63, 3.8) is 0 Å². The normalized spacial score (nSPS) is 34.5. The second-order valence-corrected chi connectivity index (χ2v) is 5.96. The zero-order chi connectivity index (χ0) is 16.2. The molecule has 1 aromatic carbocycles. The minimum absolute atomic E-state index is 0.0506. The van der Waals surface area contributed by atoms with Crippen LogP contribution in [0.25, 0.3) is 0 Å². The summed E-state index contributed by atoms with van der Waals surface area (Å²) in [6.45, 7) is 0.0506. The van der Waals surface area contributed by atoms with Crippen molar-refractivity contribution in [3.8, 4) is 0 Å². The van der Waals surface area contributed by atoms with E-state index in [4.69, 9.17) is 4.74 Å². The molecule has 3 heterocycles. The van der Waals surface area contributed by atoms with Gasteiger partial charge in [-0.05, 0) is 12.1 Å². The van der Waals surface area contributed by atoms with Crippen LogP contribution in [0.2, 0.25) is 0 Å². The lowest BCUT2D eigenvalue weighted by Crippen LogP contribution is -2.50. The van der Waals surface area contributed by atoms with E-state index in [1.165, 1.54) is 0 Å². The molecular formula is C16H14N2O5. The molecule has 3 aliphatic heterocycles. The van der Waals surface area contributed by atoms with Crippen LogP contribution in [0.15, 0.2) is 36.4 Å². The number of hydrogen-bond donors (Lipinski definition) is 3. The summed E-state index contributed by atoms with van der Waals surface area (Å²) < 4.78 is 5.78. The molecule has 1 aromatic rings. The summed E-state index contributed by atoms with van der Waals surface area (Å²) in [6.07, 6.45) is 2.69. The molecule has 7 nitrogen and oxygen atoms in total. The fourth-order valence-corrected chi connectivity index (χ4v) is 3.65. The van der Waals surface area contributed by atoms with Gasteiger partial charge < -0.3 is 20.5 Å². The molecule has 1 spiro atoms. The number of carbonyl (C=O) groups excluding carboxylic acids is 2. The third-order valence-electron chi connectivity index (χ3n) is 4.69. The van der Waals surface area contributed by atoms with Gasteiger partial charge in [0.25, 0.3) is 5.91 Å². The van der Waals surface area contributed by atoms with Crippen LogP contribution in [0.4, 0.5) is 5.69 Å². The minimum atomic E-state index is -1.12. The van der Waals surface area contributed by atoms with Crippen molar-refractivity contribution in [2.45, 2.75) is 11.7 Å². The third-order valence-corrected chi connectivity index (χ3v) is 4.69. The third kappa shape index (κ3) is 1.90. The monoisotopic (exact) mass is 314 g/mol. The van der Waals surface area contributed by atoms with Gasteiger partial charge in [-0.3, -0.25) is 14.4 Å². The lowest BCUT2D eigenvalue weighted by molar-refractivity contribution is -0.146. The molecule has 1 fully saturated rings. The lowest BCUT2D eigenvalue weighted by Gasteiger charge is -2.30. The SMILES string of the molecule is O=C1NC[C@]23C=C[C@@H](O2)[C@H](C(=O)O)[C@@H]3C(=O)Nc2ccccc21.